The van der Waals surface area contributed by atoms with Crippen molar-refractivity contribution in [3.8, 4) is 5.75 Å². The first-order valence-electron chi connectivity index (χ1n) is 9.10. The minimum Gasteiger partial charge on any atom is -0.507 e. The van der Waals surface area contributed by atoms with E-state index in [0.717, 1.165) is 36.8 Å². The molecule has 134 valence electrons. The van der Waals surface area contributed by atoms with Gasteiger partial charge in [-0.3, -0.25) is 4.79 Å². The lowest BCUT2D eigenvalue weighted by Gasteiger charge is -2.12. The predicted octanol–water partition coefficient (Wildman–Crippen LogP) is 4.22. The summed E-state index contributed by atoms with van der Waals surface area (Å²) in [5.74, 6) is -0.0416. The Balaban J connectivity index is 1.99. The highest BCUT2D eigenvalue weighted by molar-refractivity contribution is 6.14. The average Bonchev–Trinajstić information content (AvgIpc) is 3.16. The Morgan fingerprint density at radius 3 is 2.77 bits per heavy atom. The average molecular weight is 348 g/mol. The van der Waals surface area contributed by atoms with E-state index in [2.05, 4.69) is 47.8 Å². The number of Topliss-reactive ketones (excluding diaryl/α,β-unsaturated/α-hetero) is 1. The van der Waals surface area contributed by atoms with E-state index in [1.165, 1.54) is 29.0 Å². The Bertz CT molecular complexity index is 1060. The van der Waals surface area contributed by atoms with Crippen LogP contribution in [0.2, 0.25) is 0 Å². The van der Waals surface area contributed by atoms with E-state index in [-0.39, 0.29) is 11.5 Å². The molecule has 4 nitrogen and oxygen atoms in total. The van der Waals surface area contributed by atoms with Crippen LogP contribution in [0.25, 0.3) is 27.9 Å². The summed E-state index contributed by atoms with van der Waals surface area (Å²) in [6.45, 7) is 3.39. The maximum absolute atomic E-state index is 11.9. The quantitative estimate of drug-likeness (QED) is 0.702. The Morgan fingerprint density at radius 2 is 2.04 bits per heavy atom. The Hall–Kier alpha value is -2.59. The smallest absolute Gasteiger partial charge is 0.163 e. The molecule has 26 heavy (non-hydrogen) atoms. The third-order valence-electron chi connectivity index (χ3n) is 5.28. The number of phenolic OH excluding ortho intramolecular Hbond substituents is 1. The molecule has 0 spiro atoms. The van der Waals surface area contributed by atoms with Crippen LogP contribution in [0.1, 0.15) is 34.8 Å². The molecule has 0 aliphatic heterocycles. The van der Waals surface area contributed by atoms with Crippen molar-refractivity contribution >= 4 is 33.7 Å². The first-order chi connectivity index (χ1) is 12.5. The van der Waals surface area contributed by atoms with Crippen molar-refractivity contribution < 1.29 is 9.90 Å². The molecular weight excluding hydrogens is 324 g/mol. The number of fused-ring (bicyclic) bond motifs is 5. The lowest BCUT2D eigenvalue weighted by atomic mass is 10.00. The summed E-state index contributed by atoms with van der Waals surface area (Å²) >= 11 is 0. The van der Waals surface area contributed by atoms with E-state index in [1.54, 1.807) is 6.07 Å². The summed E-state index contributed by atoms with van der Waals surface area (Å²) in [6.07, 6.45) is 6.29. The number of aromatic nitrogens is 1. The van der Waals surface area contributed by atoms with Gasteiger partial charge in [0.15, 0.2) is 5.78 Å². The molecular formula is C22H24N2O2. The lowest BCUT2D eigenvalue weighted by Crippen LogP contribution is -2.15. The first-order valence-corrected chi connectivity index (χ1v) is 9.10. The molecule has 1 aliphatic carbocycles. The summed E-state index contributed by atoms with van der Waals surface area (Å²) in [7, 11) is 4.16. The monoisotopic (exact) mass is 348 g/mol. The highest BCUT2D eigenvalue weighted by atomic mass is 16.3. The normalized spacial score (nSPS) is 13.2. The number of phenols is 1. The van der Waals surface area contributed by atoms with Crippen molar-refractivity contribution in [2.45, 2.75) is 26.3 Å². The van der Waals surface area contributed by atoms with Crippen molar-refractivity contribution in [1.82, 2.24) is 9.47 Å². The van der Waals surface area contributed by atoms with Crippen molar-refractivity contribution in [2.75, 3.05) is 20.6 Å². The van der Waals surface area contributed by atoms with Gasteiger partial charge in [-0.25, -0.2) is 0 Å². The zero-order chi connectivity index (χ0) is 18.4. The maximum atomic E-state index is 11.9. The van der Waals surface area contributed by atoms with E-state index in [4.69, 9.17) is 0 Å². The molecule has 2 aromatic carbocycles. The summed E-state index contributed by atoms with van der Waals surface area (Å²) < 4.78 is 2.29. The Labute approximate surface area is 153 Å². The van der Waals surface area contributed by atoms with Gasteiger partial charge in [0.1, 0.15) is 5.75 Å². The van der Waals surface area contributed by atoms with Crippen LogP contribution in [0.15, 0.2) is 30.3 Å². The maximum Gasteiger partial charge on any atom is 0.163 e. The molecule has 1 aliphatic rings. The SMILES string of the molecule is CC(=O)c1cc2c3c4c(ccc3n(CCCN(C)C)c2cc1O)C=CC4. The lowest BCUT2D eigenvalue weighted by molar-refractivity contribution is 0.101. The second-order valence-electron chi connectivity index (χ2n) is 7.39. The zero-order valence-corrected chi connectivity index (χ0v) is 15.5. The summed E-state index contributed by atoms with van der Waals surface area (Å²) in [5, 5.41) is 12.7. The molecule has 0 saturated heterocycles. The van der Waals surface area contributed by atoms with Gasteiger partial charge in [0.05, 0.1) is 11.1 Å². The molecule has 1 aromatic heterocycles. The number of ketones is 1. The van der Waals surface area contributed by atoms with Crippen LogP contribution in [0.3, 0.4) is 0 Å². The Morgan fingerprint density at radius 1 is 1.23 bits per heavy atom. The van der Waals surface area contributed by atoms with Gasteiger partial charge in [-0.1, -0.05) is 18.2 Å². The molecule has 0 atom stereocenters. The first kappa shape index (κ1) is 16.9. The standard InChI is InChI=1S/C22H24N2O2/c1-14(25)17-12-18-20(13-21(17)26)24(11-5-10-23(2)3)19-9-8-15-6-4-7-16(15)22(18)19/h4,6,8-9,12-13,26H,5,7,10-11H2,1-3H3. The number of rotatable bonds is 5. The van der Waals surface area contributed by atoms with Crippen LogP contribution in [0.4, 0.5) is 0 Å². The topological polar surface area (TPSA) is 45.5 Å². The fourth-order valence-electron chi connectivity index (χ4n) is 4.06. The fraction of sp³-hybridized carbons (Fsp3) is 0.318. The van der Waals surface area contributed by atoms with Gasteiger partial charge in [0.25, 0.3) is 0 Å². The van der Waals surface area contributed by atoms with Gasteiger partial charge in [-0.2, -0.15) is 0 Å². The molecule has 0 saturated carbocycles. The highest BCUT2D eigenvalue weighted by Gasteiger charge is 2.20. The number of nitrogens with zero attached hydrogens (tertiary/aromatic N) is 2. The van der Waals surface area contributed by atoms with Crippen molar-refractivity contribution in [3.63, 3.8) is 0 Å². The molecule has 4 heteroatoms. The van der Waals surface area contributed by atoms with Crippen molar-refractivity contribution in [2.24, 2.45) is 0 Å². The largest absolute Gasteiger partial charge is 0.507 e. The van der Waals surface area contributed by atoms with Gasteiger partial charge < -0.3 is 14.6 Å². The number of hydrogen-bond donors (Lipinski definition) is 1. The molecule has 1 N–H and O–H groups in total. The minimum atomic E-state index is -0.108. The van der Waals surface area contributed by atoms with Crippen LogP contribution < -0.4 is 0 Å². The number of aryl methyl sites for hydroxylation is 1. The zero-order valence-electron chi connectivity index (χ0n) is 15.5. The van der Waals surface area contributed by atoms with Gasteiger partial charge in [-0.05, 0) is 63.7 Å². The molecule has 0 amide bonds. The van der Waals surface area contributed by atoms with Crippen LogP contribution in [0, 0.1) is 0 Å². The van der Waals surface area contributed by atoms with Crippen LogP contribution in [-0.2, 0) is 13.0 Å². The fourth-order valence-corrected chi connectivity index (χ4v) is 4.06. The number of hydrogen-bond acceptors (Lipinski definition) is 3. The molecule has 0 fully saturated rings. The molecule has 1 heterocycles. The van der Waals surface area contributed by atoms with E-state index in [9.17, 15) is 9.90 Å². The molecule has 0 bridgehead atoms. The van der Waals surface area contributed by atoms with Crippen molar-refractivity contribution in [3.05, 3.63) is 47.0 Å². The number of carbonyl (C=O) groups is 1. The van der Waals surface area contributed by atoms with Crippen LogP contribution in [0.5, 0.6) is 5.75 Å². The van der Waals surface area contributed by atoms with E-state index >= 15 is 0 Å². The van der Waals surface area contributed by atoms with E-state index < -0.39 is 0 Å². The van der Waals surface area contributed by atoms with Gasteiger partial charge in [0.2, 0.25) is 0 Å². The minimum absolute atomic E-state index is 0.0661. The molecule has 0 unspecified atom stereocenters. The van der Waals surface area contributed by atoms with Gasteiger partial charge in [-0.15, -0.1) is 0 Å². The van der Waals surface area contributed by atoms with Crippen molar-refractivity contribution in [1.29, 1.82) is 0 Å². The summed E-state index contributed by atoms with van der Waals surface area (Å²) in [6, 6.07) is 7.98. The number of benzene rings is 2. The van der Waals surface area contributed by atoms with E-state index in [1.807, 2.05) is 6.07 Å². The number of aromatic hydroxyl groups is 1. The number of carbonyl (C=O) groups excluding carboxylic acids is 1. The Kier molecular flexibility index (Phi) is 4.08. The predicted molar refractivity (Wildman–Crippen MR) is 107 cm³/mol. The molecule has 3 aromatic rings. The molecule has 0 radical (unpaired) electrons. The molecule has 4 rings (SSSR count). The highest BCUT2D eigenvalue weighted by Crippen LogP contribution is 2.38. The van der Waals surface area contributed by atoms with Gasteiger partial charge in [0, 0.05) is 28.9 Å². The second kappa shape index (κ2) is 6.29. The number of allylic oxidation sites excluding steroid dienone is 1. The van der Waals surface area contributed by atoms with E-state index in [0.29, 0.717) is 5.56 Å². The van der Waals surface area contributed by atoms with Crippen LogP contribution in [-0.4, -0.2) is 41.0 Å². The second-order valence-corrected chi connectivity index (χ2v) is 7.39. The summed E-state index contributed by atoms with van der Waals surface area (Å²) in [5.41, 5.74) is 5.15. The van der Waals surface area contributed by atoms with Gasteiger partial charge >= 0.3 is 0 Å². The van der Waals surface area contributed by atoms with Crippen LogP contribution >= 0.6 is 0 Å². The third-order valence-corrected chi connectivity index (χ3v) is 5.28. The third kappa shape index (κ3) is 2.61. The summed E-state index contributed by atoms with van der Waals surface area (Å²) in [4.78, 5) is 14.1.